The summed E-state index contributed by atoms with van der Waals surface area (Å²) in [5, 5.41) is 3.18. The Labute approximate surface area is 127 Å². The van der Waals surface area contributed by atoms with Crippen molar-refractivity contribution in [2.45, 2.75) is 0 Å². The molecule has 110 valence electrons. The fourth-order valence-corrected chi connectivity index (χ4v) is 1.92. The Morgan fingerprint density at radius 2 is 2.19 bits per heavy atom. The van der Waals surface area contributed by atoms with Gasteiger partial charge in [-0.2, -0.15) is 0 Å². The first kappa shape index (κ1) is 15.2. The Bertz CT molecular complexity index is 649. The number of hydrogen-bond acceptors (Lipinski definition) is 5. The van der Waals surface area contributed by atoms with Gasteiger partial charge in [0.2, 0.25) is 0 Å². The van der Waals surface area contributed by atoms with Gasteiger partial charge >= 0.3 is 0 Å². The van der Waals surface area contributed by atoms with Crippen molar-refractivity contribution in [2.75, 3.05) is 26.0 Å². The summed E-state index contributed by atoms with van der Waals surface area (Å²) in [7, 11) is 1.56. The number of carbonyl (C=O) groups excluding carboxylic acids is 1. The van der Waals surface area contributed by atoms with Crippen LogP contribution in [-0.2, 0) is 4.74 Å². The molecule has 2 rings (SSSR count). The van der Waals surface area contributed by atoms with Gasteiger partial charge in [-0.15, -0.1) is 0 Å². The van der Waals surface area contributed by atoms with Crippen LogP contribution in [0.5, 0.6) is 0 Å². The van der Waals surface area contributed by atoms with Crippen molar-refractivity contribution < 1.29 is 9.53 Å². The van der Waals surface area contributed by atoms with E-state index in [2.05, 4.69) is 15.3 Å². The zero-order chi connectivity index (χ0) is 15.2. The summed E-state index contributed by atoms with van der Waals surface area (Å²) in [6.45, 7) is 0.811. The number of aromatic nitrogens is 2. The first-order valence-electron chi connectivity index (χ1n) is 6.28. The maximum atomic E-state index is 11.9. The van der Waals surface area contributed by atoms with Gasteiger partial charge in [0.05, 0.1) is 17.2 Å². The third-order valence-corrected chi connectivity index (χ3v) is 3.10. The Morgan fingerprint density at radius 1 is 1.43 bits per heavy atom. The number of nitrogen functional groups attached to an aromatic ring is 1. The summed E-state index contributed by atoms with van der Waals surface area (Å²) < 4.78 is 4.86. The molecule has 0 atom stereocenters. The topological polar surface area (TPSA) is 90.1 Å². The zero-order valence-electron chi connectivity index (χ0n) is 11.5. The van der Waals surface area contributed by atoms with E-state index in [-0.39, 0.29) is 17.3 Å². The van der Waals surface area contributed by atoms with Crippen molar-refractivity contribution in [3.8, 4) is 11.4 Å². The van der Waals surface area contributed by atoms with Gasteiger partial charge in [-0.1, -0.05) is 23.7 Å². The minimum absolute atomic E-state index is 0.106. The molecule has 0 aliphatic rings. The summed E-state index contributed by atoms with van der Waals surface area (Å²) >= 11 is 6.08. The third kappa shape index (κ3) is 3.68. The fraction of sp³-hybridized carbons (Fsp3) is 0.214. The maximum Gasteiger partial charge on any atom is 0.256 e. The summed E-state index contributed by atoms with van der Waals surface area (Å²) in [4.78, 5) is 20.2. The number of halogens is 1. The van der Waals surface area contributed by atoms with E-state index in [9.17, 15) is 4.79 Å². The Morgan fingerprint density at radius 3 is 2.86 bits per heavy atom. The molecule has 6 nitrogen and oxygen atoms in total. The predicted molar refractivity (Wildman–Crippen MR) is 81.1 cm³/mol. The second-order valence-electron chi connectivity index (χ2n) is 4.22. The van der Waals surface area contributed by atoms with Gasteiger partial charge in [0.1, 0.15) is 5.82 Å². The van der Waals surface area contributed by atoms with Gasteiger partial charge in [-0.05, 0) is 12.1 Å². The van der Waals surface area contributed by atoms with Crippen LogP contribution in [0.2, 0.25) is 5.02 Å². The minimum atomic E-state index is -0.338. The molecule has 1 aromatic carbocycles. The molecule has 3 N–H and O–H groups in total. The fourth-order valence-electron chi connectivity index (χ4n) is 1.70. The Balaban J connectivity index is 2.22. The number of amides is 1. The van der Waals surface area contributed by atoms with Crippen LogP contribution in [0.3, 0.4) is 0 Å². The number of anilines is 1. The Hall–Kier alpha value is -2.18. The van der Waals surface area contributed by atoms with Crippen LogP contribution >= 0.6 is 11.6 Å². The zero-order valence-corrected chi connectivity index (χ0v) is 12.2. The second kappa shape index (κ2) is 7.01. The molecule has 0 bridgehead atoms. The minimum Gasteiger partial charge on any atom is -0.383 e. The number of benzene rings is 1. The van der Waals surface area contributed by atoms with Crippen LogP contribution < -0.4 is 11.1 Å². The van der Waals surface area contributed by atoms with Crippen molar-refractivity contribution in [3.63, 3.8) is 0 Å². The first-order valence-corrected chi connectivity index (χ1v) is 6.66. The lowest BCUT2D eigenvalue weighted by atomic mass is 10.2. The van der Waals surface area contributed by atoms with E-state index in [0.29, 0.717) is 29.6 Å². The molecule has 0 fully saturated rings. The lowest BCUT2D eigenvalue weighted by Crippen LogP contribution is -2.28. The van der Waals surface area contributed by atoms with Gasteiger partial charge in [0.15, 0.2) is 5.82 Å². The van der Waals surface area contributed by atoms with E-state index >= 15 is 0 Å². The summed E-state index contributed by atoms with van der Waals surface area (Å²) in [6, 6.07) is 7.16. The highest BCUT2D eigenvalue weighted by molar-refractivity contribution is 6.33. The van der Waals surface area contributed by atoms with Crippen molar-refractivity contribution in [1.29, 1.82) is 0 Å². The molecule has 1 aromatic heterocycles. The summed E-state index contributed by atoms with van der Waals surface area (Å²) in [5.74, 6) is 0.150. The molecule has 0 saturated carbocycles. The van der Waals surface area contributed by atoms with Gasteiger partial charge in [-0.3, -0.25) is 4.79 Å². The van der Waals surface area contributed by atoms with Crippen molar-refractivity contribution in [1.82, 2.24) is 15.3 Å². The standard InChI is InChI=1S/C14H15ClN4O2/c1-21-7-6-17-14(20)10-8-18-13(19-12(10)16)9-4-2-3-5-11(9)15/h2-5,8H,6-7H2,1H3,(H,17,20)(H2,16,18,19). The molecule has 21 heavy (non-hydrogen) atoms. The number of nitrogens with two attached hydrogens (primary N) is 1. The van der Waals surface area contributed by atoms with Crippen LogP contribution in [0.25, 0.3) is 11.4 Å². The molecule has 0 saturated heterocycles. The molecule has 1 amide bonds. The molecule has 0 spiro atoms. The highest BCUT2D eigenvalue weighted by Gasteiger charge is 2.14. The van der Waals surface area contributed by atoms with Gasteiger partial charge in [0.25, 0.3) is 5.91 Å². The van der Waals surface area contributed by atoms with Crippen molar-refractivity contribution in [3.05, 3.63) is 41.0 Å². The molecule has 0 aliphatic carbocycles. The SMILES string of the molecule is COCCNC(=O)c1cnc(-c2ccccc2Cl)nc1N. The second-order valence-corrected chi connectivity index (χ2v) is 4.63. The summed E-state index contributed by atoms with van der Waals surface area (Å²) in [5.41, 5.74) is 6.72. The van der Waals surface area contributed by atoms with E-state index in [1.807, 2.05) is 12.1 Å². The number of carbonyl (C=O) groups is 1. The van der Waals surface area contributed by atoms with Gasteiger partial charge in [-0.25, -0.2) is 9.97 Å². The number of nitrogens with zero attached hydrogens (tertiary/aromatic N) is 2. The predicted octanol–water partition coefficient (Wildman–Crippen LogP) is 1.76. The molecule has 2 aromatic rings. The Kier molecular flexibility index (Phi) is 5.08. The molecule has 0 radical (unpaired) electrons. The van der Waals surface area contributed by atoms with E-state index in [4.69, 9.17) is 22.1 Å². The van der Waals surface area contributed by atoms with Crippen molar-refractivity contribution >= 4 is 23.3 Å². The van der Waals surface area contributed by atoms with Crippen LogP contribution in [-0.4, -0.2) is 36.1 Å². The average Bonchev–Trinajstić information content (AvgIpc) is 2.47. The van der Waals surface area contributed by atoms with E-state index in [0.717, 1.165) is 0 Å². The van der Waals surface area contributed by atoms with Crippen LogP contribution in [0.4, 0.5) is 5.82 Å². The number of rotatable bonds is 5. The molecular weight excluding hydrogens is 292 g/mol. The molecular formula is C14H15ClN4O2. The van der Waals surface area contributed by atoms with E-state index < -0.39 is 0 Å². The smallest absolute Gasteiger partial charge is 0.256 e. The molecule has 7 heteroatoms. The van der Waals surface area contributed by atoms with Crippen LogP contribution in [0, 0.1) is 0 Å². The maximum absolute atomic E-state index is 11.9. The average molecular weight is 307 g/mol. The number of nitrogens with one attached hydrogen (secondary N) is 1. The van der Waals surface area contributed by atoms with Gasteiger partial charge in [0, 0.05) is 25.4 Å². The first-order chi connectivity index (χ1) is 10.1. The van der Waals surface area contributed by atoms with E-state index in [1.54, 1.807) is 19.2 Å². The number of methoxy groups -OCH3 is 1. The van der Waals surface area contributed by atoms with Crippen LogP contribution in [0.1, 0.15) is 10.4 Å². The molecule has 1 heterocycles. The summed E-state index contributed by atoms with van der Waals surface area (Å²) in [6.07, 6.45) is 1.39. The number of hydrogen-bond donors (Lipinski definition) is 2. The highest BCUT2D eigenvalue weighted by atomic mass is 35.5. The molecule has 0 aliphatic heterocycles. The third-order valence-electron chi connectivity index (χ3n) is 2.77. The van der Waals surface area contributed by atoms with Crippen molar-refractivity contribution in [2.24, 2.45) is 0 Å². The largest absolute Gasteiger partial charge is 0.383 e. The lowest BCUT2D eigenvalue weighted by Gasteiger charge is -2.08. The van der Waals surface area contributed by atoms with Crippen LogP contribution in [0.15, 0.2) is 30.5 Å². The highest BCUT2D eigenvalue weighted by Crippen LogP contribution is 2.25. The quantitative estimate of drug-likeness (QED) is 0.821. The lowest BCUT2D eigenvalue weighted by molar-refractivity contribution is 0.0937. The monoisotopic (exact) mass is 306 g/mol. The molecule has 0 unspecified atom stereocenters. The number of ether oxygens (including phenoxy) is 1. The normalized spacial score (nSPS) is 10.4. The van der Waals surface area contributed by atoms with E-state index in [1.165, 1.54) is 6.20 Å². The van der Waals surface area contributed by atoms with Gasteiger partial charge < -0.3 is 15.8 Å².